The van der Waals surface area contributed by atoms with Crippen LogP contribution < -0.4 is 10.1 Å². The Bertz CT molecular complexity index is 690. The summed E-state index contributed by atoms with van der Waals surface area (Å²) in [6, 6.07) is 6.55. The van der Waals surface area contributed by atoms with Gasteiger partial charge in [-0.1, -0.05) is 34.8 Å². The van der Waals surface area contributed by atoms with Gasteiger partial charge in [-0.2, -0.15) is 0 Å². The minimum atomic E-state index is -0.282. The molecule has 0 bridgehead atoms. The van der Waals surface area contributed by atoms with Crippen LogP contribution in [0.25, 0.3) is 0 Å². The van der Waals surface area contributed by atoms with Crippen LogP contribution in [0.2, 0.25) is 15.1 Å². The number of benzene rings is 1. The lowest BCUT2D eigenvalue weighted by molar-refractivity contribution is -0.123. The summed E-state index contributed by atoms with van der Waals surface area (Å²) in [5.74, 6) is 0.792. The molecule has 0 fully saturated rings. The van der Waals surface area contributed by atoms with E-state index in [2.05, 4.69) is 5.32 Å². The SMILES string of the molecule is CN(C)C(CNC(=O)COc1cc(Cl)c(Cl)cc1Cl)c1ccco1. The Balaban J connectivity index is 1.88. The van der Waals surface area contributed by atoms with Crippen LogP contribution >= 0.6 is 34.8 Å². The number of nitrogens with zero attached hydrogens (tertiary/aromatic N) is 1. The van der Waals surface area contributed by atoms with Crippen LogP contribution in [-0.2, 0) is 4.79 Å². The van der Waals surface area contributed by atoms with Crippen LogP contribution in [0.5, 0.6) is 5.75 Å². The lowest BCUT2D eigenvalue weighted by atomic mass is 10.2. The van der Waals surface area contributed by atoms with E-state index in [0.29, 0.717) is 27.4 Å². The number of rotatable bonds is 7. The van der Waals surface area contributed by atoms with E-state index in [1.807, 2.05) is 31.1 Å². The second kappa shape index (κ2) is 8.62. The first-order valence-corrected chi connectivity index (χ1v) is 8.25. The average Bonchev–Trinajstić information content (AvgIpc) is 3.03. The fourth-order valence-electron chi connectivity index (χ4n) is 2.04. The Hall–Kier alpha value is -1.40. The molecule has 2 rings (SSSR count). The molecule has 0 aliphatic carbocycles. The number of carbonyl (C=O) groups excluding carboxylic acids is 1. The molecule has 0 radical (unpaired) electrons. The minimum absolute atomic E-state index is 0.0717. The van der Waals surface area contributed by atoms with Gasteiger partial charge in [0.25, 0.3) is 5.91 Å². The monoisotopic (exact) mass is 390 g/mol. The molecule has 0 aliphatic rings. The molecule has 0 saturated heterocycles. The highest BCUT2D eigenvalue weighted by atomic mass is 35.5. The Kier molecular flexibility index (Phi) is 6.80. The highest BCUT2D eigenvalue weighted by Crippen LogP contribution is 2.33. The number of halogens is 3. The van der Waals surface area contributed by atoms with E-state index in [1.54, 1.807) is 6.26 Å². The molecule has 24 heavy (non-hydrogen) atoms. The Morgan fingerprint density at radius 1 is 1.25 bits per heavy atom. The van der Waals surface area contributed by atoms with Crippen LogP contribution in [0.15, 0.2) is 34.9 Å². The maximum atomic E-state index is 12.0. The predicted octanol–water partition coefficient (Wildman–Crippen LogP) is 4.04. The van der Waals surface area contributed by atoms with Gasteiger partial charge < -0.3 is 14.5 Å². The van der Waals surface area contributed by atoms with Crippen molar-refractivity contribution < 1.29 is 13.9 Å². The second-order valence-corrected chi connectivity index (χ2v) is 6.51. The summed E-state index contributed by atoms with van der Waals surface area (Å²) >= 11 is 17.8. The number of hydrogen-bond acceptors (Lipinski definition) is 4. The van der Waals surface area contributed by atoms with Crippen molar-refractivity contribution in [3.63, 3.8) is 0 Å². The van der Waals surface area contributed by atoms with Gasteiger partial charge in [0, 0.05) is 12.6 Å². The third-order valence-electron chi connectivity index (χ3n) is 3.32. The van der Waals surface area contributed by atoms with Gasteiger partial charge in [0.05, 0.1) is 27.4 Å². The molecule has 0 aliphatic heterocycles. The second-order valence-electron chi connectivity index (χ2n) is 5.28. The zero-order valence-corrected chi connectivity index (χ0v) is 15.5. The number of ether oxygens (including phenoxy) is 1. The van der Waals surface area contributed by atoms with Crippen molar-refractivity contribution in [3.8, 4) is 5.75 Å². The van der Waals surface area contributed by atoms with E-state index >= 15 is 0 Å². The van der Waals surface area contributed by atoms with Crippen molar-refractivity contribution in [3.05, 3.63) is 51.4 Å². The third-order valence-corrected chi connectivity index (χ3v) is 4.34. The Labute approximate surface area is 155 Å². The third kappa shape index (κ3) is 5.05. The molecule has 1 unspecified atom stereocenters. The largest absolute Gasteiger partial charge is 0.482 e. The summed E-state index contributed by atoms with van der Waals surface area (Å²) in [5.41, 5.74) is 0. The van der Waals surface area contributed by atoms with Crippen molar-refractivity contribution >= 4 is 40.7 Å². The van der Waals surface area contributed by atoms with Crippen LogP contribution in [0.4, 0.5) is 0 Å². The number of likely N-dealkylation sites (N-methyl/N-ethyl adjacent to an activating group) is 1. The topological polar surface area (TPSA) is 54.7 Å². The van der Waals surface area contributed by atoms with Crippen LogP contribution in [0.3, 0.4) is 0 Å². The van der Waals surface area contributed by atoms with Crippen LogP contribution in [0, 0.1) is 0 Å². The van der Waals surface area contributed by atoms with Gasteiger partial charge in [0.15, 0.2) is 6.61 Å². The number of nitrogens with one attached hydrogen (secondary N) is 1. The van der Waals surface area contributed by atoms with Crippen molar-refractivity contribution in [1.29, 1.82) is 0 Å². The minimum Gasteiger partial charge on any atom is -0.482 e. The summed E-state index contributed by atoms with van der Waals surface area (Å²) in [5, 5.41) is 3.72. The Morgan fingerprint density at radius 2 is 1.96 bits per heavy atom. The van der Waals surface area contributed by atoms with Gasteiger partial charge in [-0.25, -0.2) is 0 Å². The lowest BCUT2D eigenvalue weighted by Gasteiger charge is -2.22. The van der Waals surface area contributed by atoms with Crippen LogP contribution in [0.1, 0.15) is 11.8 Å². The van der Waals surface area contributed by atoms with Crippen molar-refractivity contribution in [2.45, 2.75) is 6.04 Å². The summed E-state index contributed by atoms with van der Waals surface area (Å²) in [4.78, 5) is 13.9. The first kappa shape index (κ1) is 18.9. The van der Waals surface area contributed by atoms with Gasteiger partial charge in [0.2, 0.25) is 0 Å². The maximum Gasteiger partial charge on any atom is 0.258 e. The molecule has 2 aromatic rings. The van der Waals surface area contributed by atoms with Gasteiger partial charge >= 0.3 is 0 Å². The predicted molar refractivity (Wildman–Crippen MR) is 95.1 cm³/mol. The van der Waals surface area contributed by atoms with E-state index in [-0.39, 0.29) is 18.6 Å². The molecule has 130 valence electrons. The first-order valence-electron chi connectivity index (χ1n) is 7.12. The molecule has 1 atom stereocenters. The number of amides is 1. The van der Waals surface area contributed by atoms with Crippen molar-refractivity contribution in [2.75, 3.05) is 27.2 Å². The number of furan rings is 1. The highest BCUT2D eigenvalue weighted by molar-refractivity contribution is 6.43. The smallest absolute Gasteiger partial charge is 0.258 e. The van der Waals surface area contributed by atoms with Gasteiger partial charge in [-0.15, -0.1) is 0 Å². The molecule has 1 N–H and O–H groups in total. The standard InChI is InChI=1S/C16H17Cl3N2O3/c1-21(2)13(14-4-3-5-23-14)8-20-16(22)9-24-15-7-11(18)10(17)6-12(15)19/h3-7,13H,8-9H2,1-2H3,(H,20,22). The van der Waals surface area contributed by atoms with Gasteiger partial charge in [-0.05, 0) is 32.3 Å². The fraction of sp³-hybridized carbons (Fsp3) is 0.312. The molecule has 0 saturated carbocycles. The van der Waals surface area contributed by atoms with Gasteiger partial charge in [0.1, 0.15) is 11.5 Å². The number of hydrogen-bond donors (Lipinski definition) is 1. The number of carbonyl (C=O) groups is 1. The zero-order valence-electron chi connectivity index (χ0n) is 13.2. The summed E-state index contributed by atoms with van der Waals surface area (Å²) in [7, 11) is 3.82. The quantitative estimate of drug-likeness (QED) is 0.724. The maximum absolute atomic E-state index is 12.0. The van der Waals surface area contributed by atoms with Crippen molar-refractivity contribution in [2.24, 2.45) is 0 Å². The van der Waals surface area contributed by atoms with Crippen molar-refractivity contribution in [1.82, 2.24) is 10.2 Å². The summed E-state index contributed by atoms with van der Waals surface area (Å²) in [6.45, 7) is 0.202. The van der Waals surface area contributed by atoms with Crippen LogP contribution in [-0.4, -0.2) is 38.1 Å². The molecule has 5 nitrogen and oxygen atoms in total. The van der Waals surface area contributed by atoms with E-state index in [1.165, 1.54) is 12.1 Å². The molecular formula is C16H17Cl3N2O3. The molecule has 1 aromatic carbocycles. The molecule has 1 aromatic heterocycles. The summed E-state index contributed by atoms with van der Waals surface area (Å²) < 4.78 is 10.8. The fourth-order valence-corrected chi connectivity index (χ4v) is 2.63. The first-order chi connectivity index (χ1) is 11.4. The molecule has 1 heterocycles. The molecule has 0 spiro atoms. The zero-order chi connectivity index (χ0) is 17.7. The van der Waals surface area contributed by atoms with Gasteiger partial charge in [-0.3, -0.25) is 9.69 Å². The average molecular weight is 392 g/mol. The van der Waals surface area contributed by atoms with E-state index in [0.717, 1.165) is 5.76 Å². The normalized spacial score (nSPS) is 12.2. The lowest BCUT2D eigenvalue weighted by Crippen LogP contribution is -2.36. The van der Waals surface area contributed by atoms with E-state index in [4.69, 9.17) is 44.0 Å². The molecule has 1 amide bonds. The van der Waals surface area contributed by atoms with E-state index in [9.17, 15) is 4.79 Å². The molecular weight excluding hydrogens is 375 g/mol. The highest BCUT2D eigenvalue weighted by Gasteiger charge is 2.18. The van der Waals surface area contributed by atoms with E-state index < -0.39 is 0 Å². The molecule has 8 heteroatoms. The summed E-state index contributed by atoms with van der Waals surface area (Å²) in [6.07, 6.45) is 1.60. The Morgan fingerprint density at radius 3 is 2.58 bits per heavy atom.